The Labute approximate surface area is 130 Å². The molecule has 0 unspecified atom stereocenters. The third-order valence-electron chi connectivity index (χ3n) is 4.62. The van der Waals surface area contributed by atoms with Gasteiger partial charge in [-0.3, -0.25) is 0 Å². The van der Waals surface area contributed by atoms with Crippen LogP contribution < -0.4 is 0 Å². The van der Waals surface area contributed by atoms with Crippen LogP contribution in [0.1, 0.15) is 63.5 Å². The van der Waals surface area contributed by atoms with E-state index in [9.17, 15) is 0 Å². The molecule has 0 aromatic heterocycles. The van der Waals surface area contributed by atoms with Crippen molar-refractivity contribution >= 4 is 0 Å². The molecule has 1 saturated carbocycles. The lowest BCUT2D eigenvalue weighted by Crippen LogP contribution is -2.12. The summed E-state index contributed by atoms with van der Waals surface area (Å²) in [6, 6.07) is 8.58. The highest BCUT2D eigenvalue weighted by Gasteiger charge is 2.18. The Bertz CT molecular complexity index is 487. The highest BCUT2D eigenvalue weighted by atomic mass is 14.2. The lowest BCUT2D eigenvalue weighted by atomic mass is 9.80. The predicted octanol–water partition coefficient (Wildman–Crippen LogP) is 5.76. The van der Waals surface area contributed by atoms with Gasteiger partial charge in [0.2, 0.25) is 0 Å². The number of allylic oxidation sites excluding steroid dienone is 2. The molecule has 0 atom stereocenters. The van der Waals surface area contributed by atoms with Crippen LogP contribution in [-0.4, -0.2) is 0 Å². The molecule has 0 heteroatoms. The van der Waals surface area contributed by atoms with E-state index in [0.717, 1.165) is 23.8 Å². The maximum Gasteiger partial charge on any atom is 0.0249 e. The van der Waals surface area contributed by atoms with Crippen LogP contribution in [0.5, 0.6) is 0 Å². The van der Waals surface area contributed by atoms with Crippen LogP contribution >= 0.6 is 0 Å². The van der Waals surface area contributed by atoms with Crippen molar-refractivity contribution in [3.05, 3.63) is 47.5 Å². The first-order valence-corrected chi connectivity index (χ1v) is 8.59. The summed E-state index contributed by atoms with van der Waals surface area (Å²) in [5, 5.41) is 0. The summed E-state index contributed by atoms with van der Waals surface area (Å²) in [6.45, 7) is 4.48. The fourth-order valence-electron chi connectivity index (χ4n) is 3.21. The molecule has 1 aromatic rings. The molecule has 0 saturated heterocycles. The van der Waals surface area contributed by atoms with E-state index in [1.807, 2.05) is 0 Å². The zero-order valence-electron chi connectivity index (χ0n) is 13.6. The van der Waals surface area contributed by atoms with Crippen molar-refractivity contribution in [2.45, 2.75) is 58.8 Å². The molecule has 1 fully saturated rings. The SMILES string of the molecule is CCC[C@H]1CC[C@H](C=CC#Cc2ccc(CC)cc2)CC1. The number of hydrogen-bond donors (Lipinski definition) is 0. The van der Waals surface area contributed by atoms with Gasteiger partial charge in [-0.2, -0.15) is 0 Å². The first-order valence-electron chi connectivity index (χ1n) is 8.59. The highest BCUT2D eigenvalue weighted by Crippen LogP contribution is 2.31. The third-order valence-corrected chi connectivity index (χ3v) is 4.62. The Balaban J connectivity index is 1.79. The van der Waals surface area contributed by atoms with E-state index < -0.39 is 0 Å². The van der Waals surface area contributed by atoms with Crippen molar-refractivity contribution in [3.63, 3.8) is 0 Å². The van der Waals surface area contributed by atoms with Gasteiger partial charge in [-0.1, -0.05) is 56.7 Å². The molecule has 1 aliphatic rings. The van der Waals surface area contributed by atoms with E-state index in [0.29, 0.717) is 0 Å². The molecule has 1 aliphatic carbocycles. The van der Waals surface area contributed by atoms with Crippen LogP contribution in [0.2, 0.25) is 0 Å². The normalized spacial score (nSPS) is 22.0. The lowest BCUT2D eigenvalue weighted by molar-refractivity contribution is 0.294. The fourth-order valence-corrected chi connectivity index (χ4v) is 3.21. The third kappa shape index (κ3) is 5.43. The summed E-state index contributed by atoms with van der Waals surface area (Å²) in [7, 11) is 0. The summed E-state index contributed by atoms with van der Waals surface area (Å²) in [5.41, 5.74) is 2.49. The van der Waals surface area contributed by atoms with Gasteiger partial charge in [-0.05, 0) is 67.7 Å². The van der Waals surface area contributed by atoms with Crippen LogP contribution in [-0.2, 0) is 6.42 Å². The van der Waals surface area contributed by atoms with Gasteiger partial charge in [0.15, 0.2) is 0 Å². The van der Waals surface area contributed by atoms with Crippen molar-refractivity contribution in [3.8, 4) is 11.8 Å². The molecule has 0 radical (unpaired) electrons. The second kappa shape index (κ2) is 8.73. The van der Waals surface area contributed by atoms with E-state index >= 15 is 0 Å². The van der Waals surface area contributed by atoms with Crippen molar-refractivity contribution in [1.82, 2.24) is 0 Å². The van der Waals surface area contributed by atoms with Crippen molar-refractivity contribution in [2.24, 2.45) is 11.8 Å². The van der Waals surface area contributed by atoms with Crippen molar-refractivity contribution < 1.29 is 0 Å². The predicted molar refractivity (Wildman–Crippen MR) is 92.2 cm³/mol. The molecule has 112 valence electrons. The summed E-state index contributed by atoms with van der Waals surface area (Å²) in [6.07, 6.45) is 13.8. The molecule has 2 rings (SSSR count). The molecule has 0 spiro atoms. The second-order valence-corrected chi connectivity index (χ2v) is 6.25. The number of hydrogen-bond acceptors (Lipinski definition) is 0. The van der Waals surface area contributed by atoms with E-state index in [1.165, 1.54) is 44.1 Å². The summed E-state index contributed by atoms with van der Waals surface area (Å²) < 4.78 is 0. The van der Waals surface area contributed by atoms with Gasteiger partial charge >= 0.3 is 0 Å². The zero-order chi connectivity index (χ0) is 14.9. The van der Waals surface area contributed by atoms with Crippen LogP contribution in [0, 0.1) is 23.7 Å². The zero-order valence-corrected chi connectivity index (χ0v) is 13.6. The van der Waals surface area contributed by atoms with Gasteiger partial charge in [0.25, 0.3) is 0 Å². The van der Waals surface area contributed by atoms with Crippen LogP contribution in [0.4, 0.5) is 0 Å². The van der Waals surface area contributed by atoms with Gasteiger partial charge in [-0.15, -0.1) is 0 Å². The molecule has 0 aliphatic heterocycles. The fraction of sp³-hybridized carbons (Fsp3) is 0.524. The average Bonchev–Trinajstić information content (AvgIpc) is 2.54. The van der Waals surface area contributed by atoms with E-state index in [4.69, 9.17) is 0 Å². The van der Waals surface area contributed by atoms with Gasteiger partial charge < -0.3 is 0 Å². The smallest absolute Gasteiger partial charge is 0.0249 e. The Morgan fingerprint density at radius 2 is 1.76 bits per heavy atom. The topological polar surface area (TPSA) is 0 Å². The van der Waals surface area contributed by atoms with Crippen molar-refractivity contribution in [2.75, 3.05) is 0 Å². The molecule has 0 heterocycles. The molecule has 0 nitrogen and oxygen atoms in total. The standard InChI is InChI=1S/C21H28/c1-3-7-19-14-16-21(17-15-19)9-6-5-8-20-12-10-18(4-2)11-13-20/h6,9-13,19,21H,3-4,7,14-17H2,1-2H3/t19-,21-. The van der Waals surface area contributed by atoms with Crippen molar-refractivity contribution in [1.29, 1.82) is 0 Å². The van der Waals surface area contributed by atoms with Gasteiger partial charge in [-0.25, -0.2) is 0 Å². The van der Waals surface area contributed by atoms with Crippen LogP contribution in [0.15, 0.2) is 36.4 Å². The minimum atomic E-state index is 0.759. The average molecular weight is 280 g/mol. The Hall–Kier alpha value is -1.48. The number of rotatable bonds is 4. The minimum Gasteiger partial charge on any atom is -0.0730 e. The summed E-state index contributed by atoms with van der Waals surface area (Å²) in [5.74, 6) is 8.17. The molecule has 21 heavy (non-hydrogen) atoms. The van der Waals surface area contributed by atoms with E-state index in [2.05, 4.69) is 62.1 Å². The maximum atomic E-state index is 3.23. The van der Waals surface area contributed by atoms with E-state index in [1.54, 1.807) is 0 Å². The molecule has 0 amide bonds. The molecular weight excluding hydrogens is 252 g/mol. The van der Waals surface area contributed by atoms with Crippen LogP contribution in [0.3, 0.4) is 0 Å². The van der Waals surface area contributed by atoms with Gasteiger partial charge in [0.1, 0.15) is 0 Å². The number of benzene rings is 1. The molecule has 1 aromatic carbocycles. The van der Waals surface area contributed by atoms with Gasteiger partial charge in [0, 0.05) is 5.56 Å². The van der Waals surface area contributed by atoms with Gasteiger partial charge in [0.05, 0.1) is 0 Å². The number of aryl methyl sites for hydroxylation is 1. The maximum absolute atomic E-state index is 3.23. The first-order chi connectivity index (χ1) is 10.3. The first kappa shape index (κ1) is 15.9. The Morgan fingerprint density at radius 3 is 2.38 bits per heavy atom. The quantitative estimate of drug-likeness (QED) is 0.615. The second-order valence-electron chi connectivity index (χ2n) is 6.25. The lowest BCUT2D eigenvalue weighted by Gasteiger charge is -2.26. The highest BCUT2D eigenvalue weighted by molar-refractivity contribution is 5.38. The molecule has 0 bridgehead atoms. The Kier molecular flexibility index (Phi) is 6.61. The van der Waals surface area contributed by atoms with Crippen LogP contribution in [0.25, 0.3) is 0 Å². The minimum absolute atomic E-state index is 0.759. The monoisotopic (exact) mass is 280 g/mol. The molecule has 0 N–H and O–H groups in total. The summed E-state index contributed by atoms with van der Waals surface area (Å²) in [4.78, 5) is 0. The largest absolute Gasteiger partial charge is 0.0730 e. The molecular formula is C21H28. The summed E-state index contributed by atoms with van der Waals surface area (Å²) >= 11 is 0. The van der Waals surface area contributed by atoms with E-state index in [-0.39, 0.29) is 0 Å². The Morgan fingerprint density at radius 1 is 1.05 bits per heavy atom.